The molecule has 102 valence electrons. The highest BCUT2D eigenvalue weighted by atomic mass is 32.1. The van der Waals surface area contributed by atoms with Crippen LogP contribution in [0.15, 0.2) is 0 Å². The van der Waals surface area contributed by atoms with E-state index in [1.54, 1.807) is 18.4 Å². The second-order valence-electron chi connectivity index (χ2n) is 5.26. The lowest BCUT2D eigenvalue weighted by atomic mass is 10.1. The Balaban J connectivity index is 2.02. The van der Waals surface area contributed by atoms with Crippen LogP contribution in [-0.2, 0) is 4.74 Å². The van der Waals surface area contributed by atoms with E-state index in [4.69, 9.17) is 4.74 Å². The van der Waals surface area contributed by atoms with Crippen molar-refractivity contribution in [1.82, 2.24) is 4.98 Å². The van der Waals surface area contributed by atoms with Gasteiger partial charge in [0.15, 0.2) is 5.13 Å². The molecule has 0 spiro atoms. The van der Waals surface area contributed by atoms with Crippen molar-refractivity contribution < 1.29 is 9.84 Å². The minimum Gasteiger partial charge on any atom is -0.492 e. The van der Waals surface area contributed by atoms with Crippen molar-refractivity contribution in [2.24, 2.45) is 5.92 Å². The van der Waals surface area contributed by atoms with E-state index in [0.717, 1.165) is 23.0 Å². The van der Waals surface area contributed by atoms with Crippen molar-refractivity contribution in [1.29, 1.82) is 0 Å². The van der Waals surface area contributed by atoms with Crippen molar-refractivity contribution in [3.63, 3.8) is 0 Å². The molecule has 0 amide bonds. The van der Waals surface area contributed by atoms with E-state index >= 15 is 0 Å². The maximum absolute atomic E-state index is 9.78. The average Bonchev–Trinajstić information content (AvgIpc) is 2.87. The van der Waals surface area contributed by atoms with Crippen molar-refractivity contribution in [3.05, 3.63) is 4.88 Å². The molecular weight excluding hydrogens is 248 g/mol. The van der Waals surface area contributed by atoms with Crippen LogP contribution < -0.4 is 5.32 Å². The molecule has 0 aromatic carbocycles. The lowest BCUT2D eigenvalue weighted by molar-refractivity contribution is 0.150. The van der Waals surface area contributed by atoms with Gasteiger partial charge in [-0.2, -0.15) is 4.98 Å². The Hall–Kier alpha value is -0.810. The molecule has 0 saturated heterocycles. The van der Waals surface area contributed by atoms with Gasteiger partial charge in [-0.15, -0.1) is 0 Å². The third-order valence-corrected chi connectivity index (χ3v) is 4.78. The summed E-state index contributed by atoms with van der Waals surface area (Å²) in [4.78, 5) is 5.17. The van der Waals surface area contributed by atoms with E-state index in [2.05, 4.69) is 24.1 Å². The zero-order chi connectivity index (χ0) is 13.1. The van der Waals surface area contributed by atoms with Crippen LogP contribution >= 0.6 is 11.3 Å². The summed E-state index contributed by atoms with van der Waals surface area (Å²) < 4.78 is 5.25. The maximum Gasteiger partial charge on any atom is 0.227 e. The first-order chi connectivity index (χ1) is 8.61. The third-order valence-electron chi connectivity index (χ3n) is 3.51. The van der Waals surface area contributed by atoms with Crippen molar-refractivity contribution in [3.8, 4) is 5.88 Å². The number of aromatic nitrogens is 1. The molecule has 1 aliphatic carbocycles. The van der Waals surface area contributed by atoms with Gasteiger partial charge >= 0.3 is 0 Å². The summed E-state index contributed by atoms with van der Waals surface area (Å²) in [6.07, 6.45) is 3.60. The number of methoxy groups -OCH3 is 1. The molecule has 2 rings (SSSR count). The quantitative estimate of drug-likeness (QED) is 0.862. The predicted octanol–water partition coefficient (Wildman–Crippen LogP) is 3.20. The van der Waals surface area contributed by atoms with Crippen molar-refractivity contribution in [2.75, 3.05) is 19.0 Å². The Morgan fingerprint density at radius 2 is 2.28 bits per heavy atom. The third kappa shape index (κ3) is 2.95. The second kappa shape index (κ2) is 5.89. The first-order valence-corrected chi connectivity index (χ1v) is 7.38. The van der Waals surface area contributed by atoms with Gasteiger partial charge in [-0.1, -0.05) is 31.6 Å². The number of aromatic hydroxyl groups is 1. The van der Waals surface area contributed by atoms with Gasteiger partial charge in [0.25, 0.3) is 0 Å². The molecule has 4 nitrogen and oxygen atoms in total. The summed E-state index contributed by atoms with van der Waals surface area (Å²) in [6, 6.07) is 0.426. The highest BCUT2D eigenvalue weighted by Crippen LogP contribution is 2.36. The molecule has 0 bridgehead atoms. The SMILES string of the molecule is COC[C@@H]1CCCC1Nc1nc(O)c(C(C)C)s1. The van der Waals surface area contributed by atoms with Gasteiger partial charge in [0.05, 0.1) is 11.5 Å². The van der Waals surface area contributed by atoms with Crippen molar-refractivity contribution >= 4 is 16.5 Å². The fourth-order valence-electron chi connectivity index (χ4n) is 2.56. The number of rotatable bonds is 5. The van der Waals surface area contributed by atoms with Gasteiger partial charge < -0.3 is 15.2 Å². The molecule has 1 unspecified atom stereocenters. The molecular formula is C13H22N2O2S. The Bertz CT molecular complexity index is 392. The summed E-state index contributed by atoms with van der Waals surface area (Å²) in [5, 5.41) is 14.1. The standard InChI is InChI=1S/C13H22N2O2S/c1-8(2)11-12(16)15-13(18-11)14-10-6-4-5-9(10)7-17-3/h8-10,16H,4-7H2,1-3H3,(H,14,15)/t9-,10?/m0/s1. The average molecular weight is 270 g/mol. The van der Waals surface area contributed by atoms with Crippen LogP contribution in [0.3, 0.4) is 0 Å². The monoisotopic (exact) mass is 270 g/mol. The lowest BCUT2D eigenvalue weighted by Crippen LogP contribution is -2.26. The van der Waals surface area contributed by atoms with Gasteiger partial charge in [0.1, 0.15) is 0 Å². The molecule has 1 aromatic heterocycles. The topological polar surface area (TPSA) is 54.4 Å². The number of hydrogen-bond donors (Lipinski definition) is 2. The normalized spacial score (nSPS) is 23.8. The van der Waals surface area contributed by atoms with E-state index < -0.39 is 0 Å². The second-order valence-corrected chi connectivity index (χ2v) is 6.29. The first kappa shape index (κ1) is 13.6. The molecule has 5 heteroatoms. The van der Waals surface area contributed by atoms with Crippen LogP contribution in [0.25, 0.3) is 0 Å². The van der Waals surface area contributed by atoms with Crippen molar-refractivity contribution in [2.45, 2.75) is 45.1 Å². The molecule has 1 heterocycles. The summed E-state index contributed by atoms with van der Waals surface area (Å²) in [7, 11) is 1.75. The summed E-state index contributed by atoms with van der Waals surface area (Å²) >= 11 is 1.56. The van der Waals surface area contributed by atoms with Gasteiger partial charge in [-0.3, -0.25) is 0 Å². The number of nitrogens with one attached hydrogen (secondary N) is 1. The molecule has 1 aliphatic rings. The molecule has 0 radical (unpaired) electrons. The Morgan fingerprint density at radius 1 is 1.50 bits per heavy atom. The molecule has 0 aliphatic heterocycles. The highest BCUT2D eigenvalue weighted by Gasteiger charge is 2.28. The number of thiazole rings is 1. The van der Waals surface area contributed by atoms with Gasteiger partial charge in [0, 0.05) is 19.1 Å². The highest BCUT2D eigenvalue weighted by molar-refractivity contribution is 7.16. The fraction of sp³-hybridized carbons (Fsp3) is 0.769. The summed E-state index contributed by atoms with van der Waals surface area (Å²) in [5.41, 5.74) is 0. The Labute approximate surface area is 112 Å². The van der Waals surface area contributed by atoms with Gasteiger partial charge in [0.2, 0.25) is 5.88 Å². The Kier molecular flexibility index (Phi) is 4.45. The summed E-state index contributed by atoms with van der Waals surface area (Å²) in [5.74, 6) is 1.05. The molecule has 18 heavy (non-hydrogen) atoms. The van der Waals surface area contributed by atoms with Crippen LogP contribution in [0.1, 0.15) is 43.9 Å². The number of anilines is 1. The van der Waals surface area contributed by atoms with Gasteiger partial charge in [-0.25, -0.2) is 0 Å². The van der Waals surface area contributed by atoms with E-state index in [0.29, 0.717) is 17.9 Å². The van der Waals surface area contributed by atoms with Crippen LogP contribution in [0.2, 0.25) is 0 Å². The molecule has 1 aromatic rings. The summed E-state index contributed by atoms with van der Waals surface area (Å²) in [6.45, 7) is 4.94. The lowest BCUT2D eigenvalue weighted by Gasteiger charge is -2.19. The van der Waals surface area contributed by atoms with Crippen LogP contribution in [0.4, 0.5) is 5.13 Å². The van der Waals surface area contributed by atoms with Crippen LogP contribution in [0, 0.1) is 5.92 Å². The Morgan fingerprint density at radius 3 is 2.89 bits per heavy atom. The number of hydrogen-bond acceptors (Lipinski definition) is 5. The van der Waals surface area contributed by atoms with Crippen LogP contribution in [-0.4, -0.2) is 29.8 Å². The predicted molar refractivity (Wildman–Crippen MR) is 74.5 cm³/mol. The van der Waals surface area contributed by atoms with E-state index in [1.165, 1.54) is 12.8 Å². The van der Waals surface area contributed by atoms with Crippen LogP contribution in [0.5, 0.6) is 5.88 Å². The largest absolute Gasteiger partial charge is 0.492 e. The first-order valence-electron chi connectivity index (χ1n) is 6.57. The van der Waals surface area contributed by atoms with E-state index in [-0.39, 0.29) is 5.88 Å². The maximum atomic E-state index is 9.78. The molecule has 1 saturated carbocycles. The van der Waals surface area contributed by atoms with E-state index in [1.807, 2.05) is 0 Å². The van der Waals surface area contributed by atoms with E-state index in [9.17, 15) is 5.11 Å². The number of nitrogens with zero attached hydrogens (tertiary/aromatic N) is 1. The fourth-order valence-corrected chi connectivity index (χ4v) is 3.48. The minimum absolute atomic E-state index is 0.179. The molecule has 1 fully saturated rings. The molecule has 2 atom stereocenters. The number of ether oxygens (including phenoxy) is 1. The van der Waals surface area contributed by atoms with Gasteiger partial charge in [-0.05, 0) is 18.8 Å². The smallest absolute Gasteiger partial charge is 0.227 e. The molecule has 2 N–H and O–H groups in total. The zero-order valence-electron chi connectivity index (χ0n) is 11.3. The zero-order valence-corrected chi connectivity index (χ0v) is 12.1. The minimum atomic E-state index is 0.179.